The normalized spacial score (nSPS) is 10.6. The van der Waals surface area contributed by atoms with E-state index >= 15 is 0 Å². The van der Waals surface area contributed by atoms with Crippen LogP contribution in [0.2, 0.25) is 0 Å². The zero-order valence-corrected chi connectivity index (χ0v) is 11.9. The molecule has 0 radical (unpaired) electrons. The van der Waals surface area contributed by atoms with E-state index in [9.17, 15) is 0 Å². The van der Waals surface area contributed by atoms with Crippen molar-refractivity contribution in [1.82, 2.24) is 5.32 Å². The van der Waals surface area contributed by atoms with Gasteiger partial charge in [-0.25, -0.2) is 0 Å². The first-order valence-corrected chi connectivity index (χ1v) is 6.68. The number of hydrogen-bond acceptors (Lipinski definition) is 3. The SMILES string of the molecule is Cc1ccc(CNCCOc2cccc(Br)c2)o1. The summed E-state index contributed by atoms with van der Waals surface area (Å²) in [4.78, 5) is 0. The van der Waals surface area contributed by atoms with Crippen molar-refractivity contribution in [3.63, 3.8) is 0 Å². The maximum absolute atomic E-state index is 5.61. The van der Waals surface area contributed by atoms with Crippen molar-refractivity contribution in [2.24, 2.45) is 0 Å². The van der Waals surface area contributed by atoms with Crippen molar-refractivity contribution in [1.29, 1.82) is 0 Å². The molecule has 96 valence electrons. The van der Waals surface area contributed by atoms with Gasteiger partial charge in [0.15, 0.2) is 0 Å². The molecule has 0 unspecified atom stereocenters. The quantitative estimate of drug-likeness (QED) is 0.829. The van der Waals surface area contributed by atoms with Gasteiger partial charge in [-0.05, 0) is 37.3 Å². The number of rotatable bonds is 6. The average Bonchev–Trinajstić information content (AvgIpc) is 2.75. The average molecular weight is 310 g/mol. The fraction of sp³-hybridized carbons (Fsp3) is 0.286. The van der Waals surface area contributed by atoms with Crippen LogP contribution in [0.5, 0.6) is 5.75 Å². The van der Waals surface area contributed by atoms with Gasteiger partial charge in [-0.2, -0.15) is 0 Å². The molecular weight excluding hydrogens is 294 g/mol. The molecule has 1 N–H and O–H groups in total. The second-order valence-electron chi connectivity index (χ2n) is 3.99. The molecule has 0 spiro atoms. The van der Waals surface area contributed by atoms with Crippen molar-refractivity contribution in [3.8, 4) is 5.75 Å². The molecule has 1 heterocycles. The van der Waals surface area contributed by atoms with E-state index in [4.69, 9.17) is 9.15 Å². The summed E-state index contributed by atoms with van der Waals surface area (Å²) in [6, 6.07) is 11.8. The van der Waals surface area contributed by atoms with Crippen LogP contribution >= 0.6 is 15.9 Å². The summed E-state index contributed by atoms with van der Waals surface area (Å²) in [7, 11) is 0. The van der Waals surface area contributed by atoms with Crippen LogP contribution in [0.25, 0.3) is 0 Å². The topological polar surface area (TPSA) is 34.4 Å². The second-order valence-corrected chi connectivity index (χ2v) is 4.91. The molecular formula is C14H16BrNO2. The smallest absolute Gasteiger partial charge is 0.120 e. The van der Waals surface area contributed by atoms with Gasteiger partial charge < -0.3 is 14.5 Å². The summed E-state index contributed by atoms with van der Waals surface area (Å²) < 4.78 is 12.1. The number of hydrogen-bond donors (Lipinski definition) is 1. The lowest BCUT2D eigenvalue weighted by atomic mass is 10.3. The van der Waals surface area contributed by atoms with Crippen LogP contribution in [0.4, 0.5) is 0 Å². The van der Waals surface area contributed by atoms with E-state index in [0.717, 1.165) is 34.8 Å². The molecule has 0 atom stereocenters. The van der Waals surface area contributed by atoms with E-state index in [1.807, 2.05) is 43.3 Å². The highest BCUT2D eigenvalue weighted by Gasteiger charge is 1.98. The largest absolute Gasteiger partial charge is 0.492 e. The summed E-state index contributed by atoms with van der Waals surface area (Å²) in [5, 5.41) is 3.27. The molecule has 2 aromatic rings. The van der Waals surface area contributed by atoms with Crippen molar-refractivity contribution >= 4 is 15.9 Å². The molecule has 0 fully saturated rings. The first-order valence-electron chi connectivity index (χ1n) is 5.88. The van der Waals surface area contributed by atoms with Crippen LogP contribution in [0.1, 0.15) is 11.5 Å². The van der Waals surface area contributed by atoms with Crippen LogP contribution in [0.15, 0.2) is 45.3 Å². The molecule has 0 aliphatic rings. The van der Waals surface area contributed by atoms with Gasteiger partial charge in [-0.1, -0.05) is 22.0 Å². The lowest BCUT2D eigenvalue weighted by Crippen LogP contribution is -2.20. The highest BCUT2D eigenvalue weighted by Crippen LogP contribution is 2.17. The molecule has 4 heteroatoms. The summed E-state index contributed by atoms with van der Waals surface area (Å²) in [5.41, 5.74) is 0. The second kappa shape index (κ2) is 6.61. The minimum absolute atomic E-state index is 0.635. The third-order valence-electron chi connectivity index (χ3n) is 2.44. The highest BCUT2D eigenvalue weighted by atomic mass is 79.9. The summed E-state index contributed by atoms with van der Waals surface area (Å²) in [6.45, 7) is 4.10. The predicted octanol–water partition coefficient (Wildman–Crippen LogP) is 3.52. The molecule has 0 aliphatic heterocycles. The first kappa shape index (κ1) is 13.2. The fourth-order valence-electron chi connectivity index (χ4n) is 1.59. The Morgan fingerprint density at radius 1 is 1.28 bits per heavy atom. The van der Waals surface area contributed by atoms with Gasteiger partial charge in [-0.15, -0.1) is 0 Å². The van der Waals surface area contributed by atoms with E-state index in [1.54, 1.807) is 0 Å². The minimum Gasteiger partial charge on any atom is -0.492 e. The van der Waals surface area contributed by atoms with Gasteiger partial charge in [0.2, 0.25) is 0 Å². The molecule has 0 aliphatic carbocycles. The molecule has 0 saturated heterocycles. The Labute approximate surface area is 115 Å². The Hall–Kier alpha value is -1.26. The molecule has 18 heavy (non-hydrogen) atoms. The van der Waals surface area contributed by atoms with Gasteiger partial charge in [0.25, 0.3) is 0 Å². The summed E-state index contributed by atoms with van der Waals surface area (Å²) >= 11 is 3.41. The monoisotopic (exact) mass is 309 g/mol. The number of benzene rings is 1. The lowest BCUT2D eigenvalue weighted by molar-refractivity contribution is 0.310. The van der Waals surface area contributed by atoms with Crippen LogP contribution in [-0.2, 0) is 6.54 Å². The zero-order chi connectivity index (χ0) is 12.8. The van der Waals surface area contributed by atoms with Gasteiger partial charge in [-0.3, -0.25) is 0 Å². The van der Waals surface area contributed by atoms with Crippen LogP contribution < -0.4 is 10.1 Å². The maximum atomic E-state index is 5.61. The van der Waals surface area contributed by atoms with Crippen molar-refractivity contribution in [2.75, 3.05) is 13.2 Å². The van der Waals surface area contributed by atoms with Gasteiger partial charge in [0.05, 0.1) is 6.54 Å². The van der Waals surface area contributed by atoms with Crippen molar-refractivity contribution in [2.45, 2.75) is 13.5 Å². The van der Waals surface area contributed by atoms with Gasteiger partial charge in [0.1, 0.15) is 23.9 Å². The molecule has 1 aromatic carbocycles. The van der Waals surface area contributed by atoms with E-state index in [2.05, 4.69) is 21.2 Å². The van der Waals surface area contributed by atoms with E-state index in [-0.39, 0.29) is 0 Å². The first-order chi connectivity index (χ1) is 8.74. The van der Waals surface area contributed by atoms with Crippen molar-refractivity contribution in [3.05, 3.63) is 52.4 Å². The molecule has 3 nitrogen and oxygen atoms in total. The zero-order valence-electron chi connectivity index (χ0n) is 10.3. The van der Waals surface area contributed by atoms with Crippen LogP contribution in [-0.4, -0.2) is 13.2 Å². The van der Waals surface area contributed by atoms with Crippen LogP contribution in [0.3, 0.4) is 0 Å². The number of halogens is 1. The standard InChI is InChI=1S/C14H16BrNO2/c1-11-5-6-14(18-11)10-16-7-8-17-13-4-2-3-12(15)9-13/h2-6,9,16H,7-8,10H2,1H3. The predicted molar refractivity (Wildman–Crippen MR) is 74.8 cm³/mol. The maximum Gasteiger partial charge on any atom is 0.120 e. The fourth-order valence-corrected chi connectivity index (χ4v) is 1.97. The molecule has 2 rings (SSSR count). The Morgan fingerprint density at radius 2 is 2.17 bits per heavy atom. The van der Waals surface area contributed by atoms with Gasteiger partial charge >= 0.3 is 0 Å². The number of furan rings is 1. The Bertz CT molecular complexity index is 496. The summed E-state index contributed by atoms with van der Waals surface area (Å²) in [5.74, 6) is 2.77. The number of nitrogens with one attached hydrogen (secondary N) is 1. The third kappa shape index (κ3) is 4.20. The molecule has 0 saturated carbocycles. The molecule has 1 aromatic heterocycles. The van der Waals surface area contributed by atoms with Crippen molar-refractivity contribution < 1.29 is 9.15 Å². The highest BCUT2D eigenvalue weighted by molar-refractivity contribution is 9.10. The van der Waals surface area contributed by atoms with E-state index in [1.165, 1.54) is 0 Å². The van der Waals surface area contributed by atoms with Crippen LogP contribution in [0, 0.1) is 6.92 Å². The Kier molecular flexibility index (Phi) is 4.84. The number of aryl methyl sites for hydroxylation is 1. The van der Waals surface area contributed by atoms with Gasteiger partial charge in [0, 0.05) is 11.0 Å². The summed E-state index contributed by atoms with van der Waals surface area (Å²) in [6.07, 6.45) is 0. The van der Waals surface area contributed by atoms with E-state index in [0.29, 0.717) is 6.61 Å². The minimum atomic E-state index is 0.635. The third-order valence-corrected chi connectivity index (χ3v) is 2.93. The Morgan fingerprint density at radius 3 is 2.89 bits per heavy atom. The van der Waals surface area contributed by atoms with E-state index < -0.39 is 0 Å². The molecule has 0 amide bonds. The lowest BCUT2D eigenvalue weighted by Gasteiger charge is -2.07. The Balaban J connectivity index is 1.64. The number of ether oxygens (including phenoxy) is 1. The molecule has 0 bridgehead atoms.